The zero-order valence-corrected chi connectivity index (χ0v) is 7.30. The van der Waals surface area contributed by atoms with Crippen molar-refractivity contribution in [1.82, 2.24) is 0 Å². The van der Waals surface area contributed by atoms with Crippen LogP contribution in [0.5, 0.6) is 0 Å². The number of carbonyl (C=O) groups is 1. The zero-order chi connectivity index (χ0) is 9.59. The van der Waals surface area contributed by atoms with Gasteiger partial charge in [-0.3, -0.25) is 4.79 Å². The number of hydrogen-bond donors (Lipinski definition) is 2. The van der Waals surface area contributed by atoms with Crippen LogP contribution >= 0.6 is 0 Å². The number of aliphatic carboxylic acids is 1. The monoisotopic (exact) mass is 184 g/mol. The molecular weight excluding hydrogens is 172 g/mol. The third-order valence-electron chi connectivity index (χ3n) is 2.90. The number of fused-ring (bicyclic) bond motifs is 1. The molecule has 1 fully saturated rings. The fraction of sp³-hybridized carbons (Fsp3) is 0.750. The summed E-state index contributed by atoms with van der Waals surface area (Å²) in [5, 5.41) is 12.7. The van der Waals surface area contributed by atoms with Gasteiger partial charge in [0.15, 0.2) is 0 Å². The summed E-state index contributed by atoms with van der Waals surface area (Å²) < 4.78 is 0. The first-order chi connectivity index (χ1) is 6.11. The second-order valence-corrected chi connectivity index (χ2v) is 3.66. The van der Waals surface area contributed by atoms with Crippen LogP contribution in [-0.4, -0.2) is 28.9 Å². The first-order valence-electron chi connectivity index (χ1n) is 4.30. The molecule has 1 aliphatic heterocycles. The molecule has 0 spiro atoms. The minimum absolute atomic E-state index is 0.00102. The van der Waals surface area contributed by atoms with E-state index < -0.39 is 11.9 Å². The quantitative estimate of drug-likeness (QED) is 0.591. The van der Waals surface area contributed by atoms with E-state index in [4.69, 9.17) is 15.7 Å². The van der Waals surface area contributed by atoms with Crippen LogP contribution < -0.4 is 5.73 Å². The maximum absolute atomic E-state index is 10.8. The third-order valence-corrected chi connectivity index (χ3v) is 2.90. The van der Waals surface area contributed by atoms with Crippen LogP contribution in [0.25, 0.3) is 0 Å². The molecule has 0 aromatic carbocycles. The molecule has 0 aromatic rings. The van der Waals surface area contributed by atoms with Crippen LogP contribution in [0.4, 0.5) is 0 Å². The lowest BCUT2D eigenvalue weighted by Crippen LogP contribution is -2.38. The van der Waals surface area contributed by atoms with Crippen LogP contribution in [-0.2, 0) is 9.63 Å². The zero-order valence-electron chi connectivity index (χ0n) is 7.30. The van der Waals surface area contributed by atoms with Crippen molar-refractivity contribution in [2.24, 2.45) is 22.7 Å². The van der Waals surface area contributed by atoms with Crippen LogP contribution in [0.3, 0.4) is 0 Å². The van der Waals surface area contributed by atoms with Gasteiger partial charge in [0.05, 0.1) is 17.5 Å². The molecule has 1 saturated carbocycles. The molecule has 0 bridgehead atoms. The lowest BCUT2D eigenvalue weighted by atomic mass is 9.95. The maximum Gasteiger partial charge on any atom is 0.308 e. The Hall–Kier alpha value is -1.10. The SMILES string of the molecule is CC1=NO[C@@H]2C[C@@H](C(=O)O)[C@@H](N)[C@H]12. The van der Waals surface area contributed by atoms with Gasteiger partial charge in [0.25, 0.3) is 0 Å². The predicted molar refractivity (Wildman–Crippen MR) is 45.2 cm³/mol. The van der Waals surface area contributed by atoms with Crippen LogP contribution in [0.2, 0.25) is 0 Å². The summed E-state index contributed by atoms with van der Waals surface area (Å²) in [4.78, 5) is 15.9. The van der Waals surface area contributed by atoms with Crippen molar-refractivity contribution in [3.63, 3.8) is 0 Å². The van der Waals surface area contributed by atoms with E-state index in [1.807, 2.05) is 6.92 Å². The van der Waals surface area contributed by atoms with E-state index in [9.17, 15) is 4.79 Å². The molecule has 2 rings (SSSR count). The standard InChI is InChI=1S/C8H12N2O3/c1-3-6-5(13-10-3)2-4(7(6)9)8(11)12/h4-7H,2,9H2,1H3,(H,11,12)/t4-,5-,6-,7-/m1/s1. The van der Waals surface area contributed by atoms with Gasteiger partial charge in [0, 0.05) is 12.5 Å². The molecule has 1 heterocycles. The second kappa shape index (κ2) is 2.70. The lowest BCUT2D eigenvalue weighted by Gasteiger charge is -2.14. The Labute approximate surface area is 75.5 Å². The van der Waals surface area contributed by atoms with Crippen LogP contribution in [0.1, 0.15) is 13.3 Å². The molecule has 5 nitrogen and oxygen atoms in total. The molecular formula is C8H12N2O3. The first kappa shape index (κ1) is 8.50. The van der Waals surface area contributed by atoms with Gasteiger partial charge in [0.2, 0.25) is 0 Å². The largest absolute Gasteiger partial charge is 0.481 e. The Kier molecular flexibility index (Phi) is 1.76. The molecule has 2 aliphatic rings. The Morgan fingerprint density at radius 2 is 2.46 bits per heavy atom. The Morgan fingerprint density at radius 3 is 3.00 bits per heavy atom. The van der Waals surface area contributed by atoms with Gasteiger partial charge in [-0.2, -0.15) is 0 Å². The number of hydrogen-bond acceptors (Lipinski definition) is 4. The Morgan fingerprint density at radius 1 is 1.77 bits per heavy atom. The summed E-state index contributed by atoms with van der Waals surface area (Å²) in [6.07, 6.45) is 0.359. The van der Waals surface area contributed by atoms with E-state index in [0.717, 1.165) is 5.71 Å². The molecule has 0 unspecified atom stereocenters. The number of carboxylic acid groups (broad SMARTS) is 1. The average molecular weight is 184 g/mol. The van der Waals surface area contributed by atoms with Crippen molar-refractivity contribution < 1.29 is 14.7 Å². The molecule has 0 saturated heterocycles. The average Bonchev–Trinajstić information content (AvgIpc) is 2.55. The number of nitrogens with zero attached hydrogens (tertiary/aromatic N) is 1. The fourth-order valence-electron chi connectivity index (χ4n) is 2.19. The number of oxime groups is 1. The molecule has 13 heavy (non-hydrogen) atoms. The molecule has 5 heteroatoms. The lowest BCUT2D eigenvalue weighted by molar-refractivity contribution is -0.142. The summed E-state index contributed by atoms with van der Waals surface area (Å²) >= 11 is 0. The van der Waals surface area contributed by atoms with Gasteiger partial charge in [-0.25, -0.2) is 0 Å². The highest BCUT2D eigenvalue weighted by Crippen LogP contribution is 2.37. The molecule has 3 N–H and O–H groups in total. The van der Waals surface area contributed by atoms with Gasteiger partial charge in [-0.15, -0.1) is 0 Å². The molecule has 0 amide bonds. The second-order valence-electron chi connectivity index (χ2n) is 3.66. The maximum atomic E-state index is 10.8. The number of carboxylic acids is 1. The molecule has 0 aromatic heterocycles. The van der Waals surface area contributed by atoms with Crippen molar-refractivity contribution in [3.05, 3.63) is 0 Å². The molecule has 72 valence electrons. The summed E-state index contributed by atoms with van der Waals surface area (Å²) in [6, 6.07) is -0.353. The first-order valence-corrected chi connectivity index (χ1v) is 4.30. The Balaban J connectivity index is 2.19. The van der Waals surface area contributed by atoms with E-state index in [0.29, 0.717) is 6.42 Å². The predicted octanol–water partition coefficient (Wildman–Crippen LogP) is -0.191. The van der Waals surface area contributed by atoms with Gasteiger partial charge in [0.1, 0.15) is 6.10 Å². The van der Waals surface area contributed by atoms with Crippen molar-refractivity contribution in [2.75, 3.05) is 0 Å². The number of rotatable bonds is 1. The summed E-state index contributed by atoms with van der Waals surface area (Å²) in [5.41, 5.74) is 6.63. The minimum Gasteiger partial charge on any atom is -0.481 e. The molecule has 1 aliphatic carbocycles. The topological polar surface area (TPSA) is 84.9 Å². The van der Waals surface area contributed by atoms with E-state index in [1.165, 1.54) is 0 Å². The van der Waals surface area contributed by atoms with E-state index in [-0.39, 0.29) is 18.1 Å². The van der Waals surface area contributed by atoms with Crippen LogP contribution in [0, 0.1) is 11.8 Å². The van der Waals surface area contributed by atoms with Crippen molar-refractivity contribution >= 4 is 11.7 Å². The van der Waals surface area contributed by atoms with Gasteiger partial charge < -0.3 is 15.7 Å². The normalized spacial score (nSPS) is 42.5. The minimum atomic E-state index is -0.835. The van der Waals surface area contributed by atoms with E-state index in [1.54, 1.807) is 0 Å². The highest BCUT2D eigenvalue weighted by atomic mass is 16.6. The van der Waals surface area contributed by atoms with Gasteiger partial charge in [-0.1, -0.05) is 5.16 Å². The van der Waals surface area contributed by atoms with Crippen LogP contribution in [0.15, 0.2) is 5.16 Å². The van der Waals surface area contributed by atoms with Crippen molar-refractivity contribution in [2.45, 2.75) is 25.5 Å². The Bertz CT molecular complexity index is 277. The van der Waals surface area contributed by atoms with E-state index in [2.05, 4.69) is 5.16 Å². The smallest absolute Gasteiger partial charge is 0.308 e. The van der Waals surface area contributed by atoms with Gasteiger partial charge >= 0.3 is 5.97 Å². The fourth-order valence-corrected chi connectivity index (χ4v) is 2.19. The third kappa shape index (κ3) is 1.11. The molecule has 4 atom stereocenters. The highest BCUT2D eigenvalue weighted by Gasteiger charge is 2.50. The summed E-state index contributed by atoms with van der Waals surface area (Å²) in [7, 11) is 0. The molecule has 0 radical (unpaired) electrons. The summed E-state index contributed by atoms with van der Waals surface area (Å²) in [5.74, 6) is -1.32. The van der Waals surface area contributed by atoms with Crippen molar-refractivity contribution in [3.8, 4) is 0 Å². The highest BCUT2D eigenvalue weighted by molar-refractivity contribution is 5.88. The van der Waals surface area contributed by atoms with Gasteiger partial charge in [-0.05, 0) is 6.92 Å². The van der Waals surface area contributed by atoms with E-state index >= 15 is 0 Å². The number of nitrogens with two attached hydrogens (primary N) is 1. The van der Waals surface area contributed by atoms with Crippen molar-refractivity contribution in [1.29, 1.82) is 0 Å². The summed E-state index contributed by atoms with van der Waals surface area (Å²) in [6.45, 7) is 1.83.